The second-order valence-corrected chi connectivity index (χ2v) is 16.6. The lowest BCUT2D eigenvalue weighted by molar-refractivity contribution is -0.136. The number of likely N-dealkylation sites (N-methyl/N-ethyl adjacent to an activating group) is 1. The van der Waals surface area contributed by atoms with Crippen LogP contribution in [0.15, 0.2) is 91.0 Å². The molecule has 2 unspecified atom stereocenters. The number of amides is 4. The van der Waals surface area contributed by atoms with E-state index in [-0.39, 0.29) is 80.3 Å². The number of ether oxygens (including phenoxy) is 6. The lowest BCUT2D eigenvalue weighted by atomic mass is 10.0. The number of hydrogen-bond donors (Lipinski definition) is 4. The molecule has 0 bridgehead atoms. The lowest BCUT2D eigenvalue weighted by Crippen LogP contribution is -2.53. The fraction of sp³-hybridized carbons (Fsp3) is 0.388. The maximum Gasteiger partial charge on any atom is 0.271 e. The smallest absolute Gasteiger partial charge is 0.271 e. The van der Waals surface area contributed by atoms with Crippen molar-refractivity contribution < 1.29 is 52.4 Å². The van der Waals surface area contributed by atoms with Crippen LogP contribution in [-0.2, 0) is 33.3 Å². The highest BCUT2D eigenvalue weighted by Gasteiger charge is 2.35. The van der Waals surface area contributed by atoms with Crippen LogP contribution in [0.5, 0.6) is 17.2 Å². The molecule has 71 heavy (non-hydrogen) atoms. The van der Waals surface area contributed by atoms with Gasteiger partial charge in [0.2, 0.25) is 11.8 Å². The summed E-state index contributed by atoms with van der Waals surface area (Å²) in [7, 11) is 1.45. The number of aromatic nitrogens is 4. The van der Waals surface area contributed by atoms with Gasteiger partial charge in [-0.3, -0.25) is 29.3 Å². The van der Waals surface area contributed by atoms with E-state index in [4.69, 9.17) is 50.8 Å². The van der Waals surface area contributed by atoms with Gasteiger partial charge in [0.05, 0.1) is 76.4 Å². The minimum Gasteiger partial charge on any atom is -0.490 e. The number of hydrazine groups is 1. The van der Waals surface area contributed by atoms with E-state index >= 15 is 0 Å². The number of anilines is 1. The van der Waals surface area contributed by atoms with Gasteiger partial charge in [0, 0.05) is 43.9 Å². The van der Waals surface area contributed by atoms with Crippen molar-refractivity contribution in [1.82, 2.24) is 39.9 Å². The maximum atomic E-state index is 13.5. The predicted octanol–water partition coefficient (Wildman–Crippen LogP) is 2.84. The molecule has 0 spiro atoms. The first-order valence-corrected chi connectivity index (χ1v) is 23.2. The van der Waals surface area contributed by atoms with E-state index in [2.05, 4.69) is 15.3 Å². The lowest BCUT2D eigenvalue weighted by Gasteiger charge is -2.33. The third-order valence-corrected chi connectivity index (χ3v) is 11.7. The molecule has 2 aliphatic heterocycles. The first-order chi connectivity index (χ1) is 34.5. The first-order valence-electron chi connectivity index (χ1n) is 23.2. The van der Waals surface area contributed by atoms with Gasteiger partial charge in [0.1, 0.15) is 53.4 Å². The predicted molar refractivity (Wildman–Crippen MR) is 259 cm³/mol. The van der Waals surface area contributed by atoms with E-state index in [0.717, 1.165) is 24.2 Å². The van der Waals surface area contributed by atoms with E-state index < -0.39 is 23.8 Å². The largest absolute Gasteiger partial charge is 0.490 e. The Kier molecular flexibility index (Phi) is 18.4. The first kappa shape index (κ1) is 51.4. The van der Waals surface area contributed by atoms with Crippen LogP contribution in [-0.4, -0.2) is 157 Å². The number of carbonyl (C=O) groups is 5. The Morgan fingerprint density at radius 2 is 1.52 bits per heavy atom. The second-order valence-electron chi connectivity index (χ2n) is 16.6. The summed E-state index contributed by atoms with van der Waals surface area (Å²) < 4.78 is 36.0. The number of likely N-dealkylation sites (tertiary alicyclic amines) is 1. The molecule has 4 heterocycles. The Balaban J connectivity index is 0.756. The number of nitrogens with one attached hydrogen (secondary N) is 1. The molecule has 2 aromatic heterocycles. The fourth-order valence-electron chi connectivity index (χ4n) is 8.08. The van der Waals surface area contributed by atoms with Crippen LogP contribution in [0.1, 0.15) is 52.4 Å². The van der Waals surface area contributed by atoms with Crippen molar-refractivity contribution in [2.24, 2.45) is 11.6 Å². The summed E-state index contributed by atoms with van der Waals surface area (Å²) in [6, 6.07) is 20.7. The Labute approximate surface area is 409 Å². The summed E-state index contributed by atoms with van der Waals surface area (Å²) in [6.07, 6.45) is 5.12. The molecular formula is C49H59N11O11. The normalized spacial score (nSPS) is 16.1. The SMILES string of the molecule is CN(C(=O)c1c(C=O)cccc1OCCOCCOCCOCCOCCN(N)/C=C(\N)C(=O)N1CCCC(n2nc(-c3ccc(Oc4ccccc4)cc3)c3c(N)ncnc32)C1)C1CCC(=O)NC1=O. The molecule has 22 heteroatoms. The molecule has 0 aliphatic carbocycles. The third-order valence-electron chi connectivity index (χ3n) is 11.7. The Morgan fingerprint density at radius 1 is 0.845 bits per heavy atom. The molecule has 5 aromatic rings. The zero-order valence-corrected chi connectivity index (χ0v) is 39.5. The highest BCUT2D eigenvalue weighted by Crippen LogP contribution is 2.35. The van der Waals surface area contributed by atoms with Crippen LogP contribution in [0.2, 0.25) is 0 Å². The molecule has 7 N–H and O–H groups in total. The second kappa shape index (κ2) is 25.4. The van der Waals surface area contributed by atoms with Crippen molar-refractivity contribution >= 4 is 46.8 Å². The average molecular weight is 978 g/mol. The number of fused-ring (bicyclic) bond motifs is 1. The van der Waals surface area contributed by atoms with Crippen LogP contribution in [0.4, 0.5) is 5.82 Å². The van der Waals surface area contributed by atoms with Crippen molar-refractivity contribution in [2.45, 2.75) is 37.8 Å². The number of imide groups is 1. The topological polar surface area (TPSA) is 284 Å². The van der Waals surface area contributed by atoms with Gasteiger partial charge in [-0.25, -0.2) is 20.5 Å². The molecule has 0 radical (unpaired) electrons. The highest BCUT2D eigenvalue weighted by molar-refractivity contribution is 6.07. The van der Waals surface area contributed by atoms with Gasteiger partial charge in [0.25, 0.3) is 11.8 Å². The number of nitrogens with two attached hydrogens (primary N) is 3. The standard InChI is InChI=1S/C49H59N11O11/c1-57(39-16-17-41(62)55-47(39)63)49(65)42-34(31-61)7-5-11-40(42)70-28-27-69-26-25-68-24-23-67-22-21-66-20-19-59(52)30-38(50)48(64)58-18-6-8-35(29-58)60-46-43(45(51)53-32-54-46)44(56-60)33-12-14-37(15-13-33)71-36-9-3-2-4-10-36/h2-5,7,9-15,30-32,35,39H,6,8,16-29,50,52H2,1H3,(H2,51,53,54)(H,55,62,63)/b38-30-. The quantitative estimate of drug-likeness (QED) is 0.0163. The monoisotopic (exact) mass is 977 g/mol. The number of rotatable bonds is 25. The van der Waals surface area contributed by atoms with Crippen molar-refractivity contribution in [3.05, 3.63) is 102 Å². The summed E-state index contributed by atoms with van der Waals surface area (Å²) in [5.74, 6) is 6.14. The number of piperidine rings is 2. The van der Waals surface area contributed by atoms with Crippen LogP contribution < -0.4 is 32.1 Å². The summed E-state index contributed by atoms with van der Waals surface area (Å²) in [5, 5.41) is 9.16. The van der Waals surface area contributed by atoms with Crippen LogP contribution in [0.3, 0.4) is 0 Å². The minimum atomic E-state index is -0.856. The summed E-state index contributed by atoms with van der Waals surface area (Å²) in [6.45, 7) is 3.58. The number of nitrogens with zero attached hydrogens (tertiary/aromatic N) is 7. The third kappa shape index (κ3) is 13.6. The number of benzene rings is 3. The zero-order valence-electron chi connectivity index (χ0n) is 39.5. The van der Waals surface area contributed by atoms with Gasteiger partial charge in [-0.2, -0.15) is 5.10 Å². The molecule has 0 saturated carbocycles. The average Bonchev–Trinajstić information content (AvgIpc) is 3.78. The van der Waals surface area contributed by atoms with Gasteiger partial charge in [0.15, 0.2) is 11.9 Å². The molecule has 2 fully saturated rings. The molecule has 4 amide bonds. The van der Waals surface area contributed by atoms with Crippen molar-refractivity contribution in [1.29, 1.82) is 0 Å². The van der Waals surface area contributed by atoms with E-state index in [9.17, 15) is 24.0 Å². The zero-order chi connectivity index (χ0) is 50.1. The molecule has 7 rings (SSSR count). The number of carbonyl (C=O) groups excluding carboxylic acids is 5. The summed E-state index contributed by atoms with van der Waals surface area (Å²) in [5.41, 5.74) is 14.8. The highest BCUT2D eigenvalue weighted by atomic mass is 16.6. The number of para-hydroxylation sites is 1. The number of aldehydes is 1. The van der Waals surface area contributed by atoms with Crippen LogP contribution in [0, 0.1) is 0 Å². The molecular weight excluding hydrogens is 919 g/mol. The van der Waals surface area contributed by atoms with Gasteiger partial charge in [-0.1, -0.05) is 30.3 Å². The van der Waals surface area contributed by atoms with Gasteiger partial charge in [-0.15, -0.1) is 0 Å². The molecule has 22 nitrogen and oxygen atoms in total. The molecule has 2 saturated heterocycles. The fourth-order valence-corrected chi connectivity index (χ4v) is 8.08. The van der Waals surface area contributed by atoms with Crippen LogP contribution >= 0.6 is 0 Å². The van der Waals surface area contributed by atoms with Crippen molar-refractivity contribution in [3.63, 3.8) is 0 Å². The van der Waals surface area contributed by atoms with E-state index in [1.165, 1.54) is 35.6 Å². The Bertz CT molecular complexity index is 2650. The van der Waals surface area contributed by atoms with E-state index in [1.807, 2.05) is 59.3 Å². The number of hydrogen-bond acceptors (Lipinski definition) is 18. The van der Waals surface area contributed by atoms with Crippen molar-refractivity contribution in [3.8, 4) is 28.5 Å². The van der Waals surface area contributed by atoms with Crippen LogP contribution in [0.25, 0.3) is 22.3 Å². The number of nitrogen functional groups attached to an aromatic ring is 1. The Hall–Kier alpha value is -7.50. The Morgan fingerprint density at radius 3 is 2.21 bits per heavy atom. The summed E-state index contributed by atoms with van der Waals surface area (Å²) >= 11 is 0. The van der Waals surface area contributed by atoms with Gasteiger partial charge >= 0.3 is 0 Å². The molecule has 2 aliphatic rings. The molecule has 3 aromatic carbocycles. The van der Waals surface area contributed by atoms with Crippen molar-refractivity contribution in [2.75, 3.05) is 91.9 Å². The van der Waals surface area contributed by atoms with Gasteiger partial charge in [-0.05, 0) is 61.7 Å². The van der Waals surface area contributed by atoms with Gasteiger partial charge < -0.3 is 54.7 Å². The maximum absolute atomic E-state index is 13.5. The van der Waals surface area contributed by atoms with E-state index in [0.29, 0.717) is 80.7 Å². The summed E-state index contributed by atoms with van der Waals surface area (Å²) in [4.78, 5) is 74.3. The molecule has 376 valence electrons. The van der Waals surface area contributed by atoms with E-state index in [1.54, 1.807) is 17.0 Å². The minimum absolute atomic E-state index is 0.00715. The molecule has 2 atom stereocenters.